The van der Waals surface area contributed by atoms with E-state index in [1.165, 1.54) is 5.56 Å². The largest absolute Gasteiger partial charge is 0.342 e. The summed E-state index contributed by atoms with van der Waals surface area (Å²) < 4.78 is 0. The van der Waals surface area contributed by atoms with Crippen LogP contribution in [0.1, 0.15) is 59.0 Å². The second-order valence-electron chi connectivity index (χ2n) is 7.06. The summed E-state index contributed by atoms with van der Waals surface area (Å²) in [5.41, 5.74) is 3.89. The van der Waals surface area contributed by atoms with Gasteiger partial charge < -0.3 is 9.88 Å². The van der Waals surface area contributed by atoms with E-state index < -0.39 is 0 Å². The summed E-state index contributed by atoms with van der Waals surface area (Å²) in [6, 6.07) is 6.20. The fraction of sp³-hybridized carbons (Fsp3) is 0.450. The Morgan fingerprint density at radius 2 is 2.27 bits per heavy atom. The molecule has 1 N–H and O–H groups in total. The lowest BCUT2D eigenvalue weighted by Gasteiger charge is -2.31. The molecule has 3 heterocycles. The molecule has 4 rings (SSSR count). The Kier molecular flexibility index (Phi) is 4.76. The number of carbonyl (C=O) groups is 1. The fourth-order valence-corrected chi connectivity index (χ4v) is 4.55. The smallest absolute Gasteiger partial charge is 0.273 e. The van der Waals surface area contributed by atoms with Crippen molar-refractivity contribution < 1.29 is 4.79 Å². The van der Waals surface area contributed by atoms with Gasteiger partial charge in [-0.1, -0.05) is 19.1 Å². The fourth-order valence-electron chi connectivity index (χ4n) is 3.67. The lowest BCUT2D eigenvalue weighted by atomic mass is 9.97. The van der Waals surface area contributed by atoms with Crippen LogP contribution in [0.25, 0.3) is 11.0 Å². The number of rotatable bonds is 4. The number of hydrogen-bond acceptors (Lipinski definition) is 4. The molecule has 0 bridgehead atoms. The summed E-state index contributed by atoms with van der Waals surface area (Å²) >= 11 is 1.59. The van der Waals surface area contributed by atoms with Crippen molar-refractivity contribution in [1.29, 1.82) is 0 Å². The molecule has 1 amide bonds. The number of aromatic nitrogens is 3. The number of nitrogens with zero attached hydrogens (tertiary/aromatic N) is 3. The number of likely N-dealkylation sites (tertiary alicyclic amines) is 1. The highest BCUT2D eigenvalue weighted by molar-refractivity contribution is 7.09. The molecule has 0 saturated carbocycles. The lowest BCUT2D eigenvalue weighted by Crippen LogP contribution is -2.39. The highest BCUT2D eigenvalue weighted by Gasteiger charge is 2.28. The summed E-state index contributed by atoms with van der Waals surface area (Å²) in [7, 11) is 0. The summed E-state index contributed by atoms with van der Waals surface area (Å²) in [5, 5.41) is 2.96. The maximum absolute atomic E-state index is 12.9. The number of carbonyl (C=O) groups excluding carboxylic acids is 1. The van der Waals surface area contributed by atoms with Gasteiger partial charge in [0.15, 0.2) is 0 Å². The number of nitrogens with one attached hydrogen (secondary N) is 1. The van der Waals surface area contributed by atoms with Crippen molar-refractivity contribution in [3.8, 4) is 0 Å². The SMILES string of the molecule is CCCc1nc(C(=O)N2CCC[C@@H](c3nc4c(C)cccc4[nH]3)C2)cs1. The number of para-hydroxylation sites is 1. The van der Waals surface area contributed by atoms with Crippen LogP contribution in [-0.2, 0) is 6.42 Å². The number of amides is 1. The average Bonchev–Trinajstić information content (AvgIpc) is 3.29. The van der Waals surface area contributed by atoms with Crippen LogP contribution in [0.3, 0.4) is 0 Å². The van der Waals surface area contributed by atoms with E-state index in [0.29, 0.717) is 12.2 Å². The molecule has 0 aliphatic carbocycles. The van der Waals surface area contributed by atoms with Gasteiger partial charge in [-0.25, -0.2) is 9.97 Å². The second-order valence-corrected chi connectivity index (χ2v) is 8.00. The van der Waals surface area contributed by atoms with Crippen molar-refractivity contribution in [3.05, 3.63) is 45.7 Å². The Hall–Kier alpha value is -2.21. The summed E-state index contributed by atoms with van der Waals surface area (Å²) in [6.07, 6.45) is 4.05. The van der Waals surface area contributed by atoms with E-state index in [1.807, 2.05) is 16.3 Å². The molecule has 3 aromatic rings. The van der Waals surface area contributed by atoms with Crippen LogP contribution >= 0.6 is 11.3 Å². The Balaban J connectivity index is 1.52. The standard InChI is InChI=1S/C20H24N4OS/c1-3-6-17-21-16(12-26-17)20(25)24-10-5-8-14(11-24)19-22-15-9-4-7-13(2)18(15)23-19/h4,7,9,12,14H,3,5-6,8,10-11H2,1-2H3,(H,22,23)/t14-/m1/s1. The summed E-state index contributed by atoms with van der Waals surface area (Å²) in [4.78, 5) is 27.6. The molecule has 5 nitrogen and oxygen atoms in total. The van der Waals surface area contributed by atoms with Crippen LogP contribution in [0.5, 0.6) is 0 Å². The molecule has 0 radical (unpaired) electrons. The molecule has 1 aromatic carbocycles. The third kappa shape index (κ3) is 3.26. The molecule has 1 saturated heterocycles. The Bertz CT molecular complexity index is 929. The Morgan fingerprint density at radius 1 is 1.38 bits per heavy atom. The van der Waals surface area contributed by atoms with Crippen LogP contribution in [0.15, 0.2) is 23.6 Å². The maximum Gasteiger partial charge on any atom is 0.273 e. The summed E-state index contributed by atoms with van der Waals surface area (Å²) in [6.45, 7) is 5.72. The maximum atomic E-state index is 12.9. The van der Waals surface area contributed by atoms with Gasteiger partial charge in [0.1, 0.15) is 11.5 Å². The zero-order chi connectivity index (χ0) is 18.1. The highest BCUT2D eigenvalue weighted by Crippen LogP contribution is 2.28. The van der Waals surface area contributed by atoms with Crippen molar-refractivity contribution in [2.75, 3.05) is 13.1 Å². The number of imidazole rings is 1. The molecule has 6 heteroatoms. The zero-order valence-electron chi connectivity index (χ0n) is 15.3. The van der Waals surface area contributed by atoms with E-state index in [4.69, 9.17) is 4.98 Å². The van der Waals surface area contributed by atoms with Crippen molar-refractivity contribution in [3.63, 3.8) is 0 Å². The first-order chi connectivity index (χ1) is 12.7. The van der Waals surface area contributed by atoms with E-state index in [1.54, 1.807) is 11.3 Å². The molecule has 1 atom stereocenters. The first kappa shape index (κ1) is 17.2. The first-order valence-corrected chi connectivity index (χ1v) is 10.2. The van der Waals surface area contributed by atoms with E-state index in [-0.39, 0.29) is 11.8 Å². The molecule has 1 fully saturated rings. The van der Waals surface area contributed by atoms with Crippen LogP contribution in [0, 0.1) is 6.92 Å². The third-order valence-electron chi connectivity index (χ3n) is 5.06. The van der Waals surface area contributed by atoms with E-state index >= 15 is 0 Å². The molecule has 1 aliphatic rings. The molecule has 1 aliphatic heterocycles. The second kappa shape index (κ2) is 7.19. The van der Waals surface area contributed by atoms with Crippen LogP contribution < -0.4 is 0 Å². The van der Waals surface area contributed by atoms with Crippen molar-refractivity contribution in [2.24, 2.45) is 0 Å². The van der Waals surface area contributed by atoms with Gasteiger partial charge in [-0.05, 0) is 44.2 Å². The van der Waals surface area contributed by atoms with Crippen molar-refractivity contribution >= 4 is 28.3 Å². The predicted octanol–water partition coefficient (Wildman–Crippen LogP) is 4.30. The molecule has 0 spiro atoms. The lowest BCUT2D eigenvalue weighted by molar-refractivity contribution is 0.0699. The van der Waals surface area contributed by atoms with Crippen LogP contribution in [0.2, 0.25) is 0 Å². The number of hydrogen-bond donors (Lipinski definition) is 1. The minimum atomic E-state index is 0.0561. The van der Waals surface area contributed by atoms with Gasteiger partial charge in [0.2, 0.25) is 0 Å². The van der Waals surface area contributed by atoms with E-state index in [9.17, 15) is 4.79 Å². The number of fused-ring (bicyclic) bond motifs is 1. The number of H-pyrrole nitrogens is 1. The average molecular weight is 369 g/mol. The van der Waals surface area contributed by atoms with Gasteiger partial charge in [0, 0.05) is 24.4 Å². The molecule has 0 unspecified atom stereocenters. The van der Waals surface area contributed by atoms with Crippen molar-refractivity contribution in [2.45, 2.75) is 45.4 Å². The number of benzene rings is 1. The number of piperidine rings is 1. The first-order valence-electron chi connectivity index (χ1n) is 9.34. The van der Waals surface area contributed by atoms with Gasteiger partial charge in [-0.15, -0.1) is 11.3 Å². The normalized spacial score (nSPS) is 17.8. The molecular formula is C20H24N4OS. The zero-order valence-corrected chi connectivity index (χ0v) is 16.1. The quantitative estimate of drug-likeness (QED) is 0.747. The van der Waals surface area contributed by atoms with E-state index in [0.717, 1.165) is 54.1 Å². The minimum Gasteiger partial charge on any atom is -0.342 e. The Morgan fingerprint density at radius 3 is 3.08 bits per heavy atom. The number of aryl methyl sites for hydroxylation is 2. The van der Waals surface area contributed by atoms with Crippen LogP contribution in [0.4, 0.5) is 0 Å². The number of aromatic amines is 1. The van der Waals surface area contributed by atoms with Gasteiger partial charge in [0.25, 0.3) is 5.91 Å². The van der Waals surface area contributed by atoms with Crippen LogP contribution in [-0.4, -0.2) is 38.8 Å². The van der Waals surface area contributed by atoms with Gasteiger partial charge >= 0.3 is 0 Å². The third-order valence-corrected chi connectivity index (χ3v) is 5.97. The number of thiazole rings is 1. The molecule has 2 aromatic heterocycles. The van der Waals surface area contributed by atoms with Gasteiger partial charge in [0.05, 0.1) is 16.0 Å². The molecule has 26 heavy (non-hydrogen) atoms. The highest BCUT2D eigenvalue weighted by atomic mass is 32.1. The predicted molar refractivity (Wildman–Crippen MR) is 105 cm³/mol. The van der Waals surface area contributed by atoms with E-state index in [2.05, 4.69) is 35.9 Å². The molecular weight excluding hydrogens is 344 g/mol. The van der Waals surface area contributed by atoms with Gasteiger partial charge in [-0.2, -0.15) is 0 Å². The monoisotopic (exact) mass is 368 g/mol. The summed E-state index contributed by atoms with van der Waals surface area (Å²) in [5.74, 6) is 1.31. The Labute approximate surface area is 157 Å². The minimum absolute atomic E-state index is 0.0561. The molecule has 136 valence electrons. The van der Waals surface area contributed by atoms with Crippen molar-refractivity contribution in [1.82, 2.24) is 19.9 Å². The topological polar surface area (TPSA) is 61.9 Å². The van der Waals surface area contributed by atoms with Gasteiger partial charge in [-0.3, -0.25) is 4.79 Å².